The highest BCUT2D eigenvalue weighted by molar-refractivity contribution is 5.79. The van der Waals surface area contributed by atoms with E-state index >= 15 is 0 Å². The highest BCUT2D eigenvalue weighted by Crippen LogP contribution is 2.32. The molecule has 1 unspecified atom stereocenters. The Labute approximate surface area is 87.6 Å². The third kappa shape index (κ3) is 1.48. The number of allylic oxidation sites excluding steroid dienone is 1. The summed E-state index contributed by atoms with van der Waals surface area (Å²) in [4.78, 5) is 4.95. The number of benzene rings is 1. The number of nitriles is 1. The maximum Gasteiger partial charge on any atom is 0.177 e. The Bertz CT molecular complexity index is 448. The molecule has 1 aliphatic heterocycles. The molecule has 2 rings (SSSR count). The Morgan fingerprint density at radius 1 is 1.47 bits per heavy atom. The maximum absolute atomic E-state index is 9.88. The summed E-state index contributed by atoms with van der Waals surface area (Å²) in [5, 5.41) is 20.1. The van der Waals surface area contributed by atoms with Gasteiger partial charge >= 0.3 is 0 Å². The monoisotopic (exact) mass is 202 g/mol. The second-order valence-corrected chi connectivity index (χ2v) is 3.16. The zero-order valence-corrected chi connectivity index (χ0v) is 8.21. The van der Waals surface area contributed by atoms with Crippen molar-refractivity contribution < 1.29 is 9.94 Å². The van der Waals surface area contributed by atoms with E-state index in [2.05, 4.69) is 6.07 Å². The van der Waals surface area contributed by atoms with E-state index in [0.717, 1.165) is 5.56 Å². The molecule has 1 heterocycles. The summed E-state index contributed by atoms with van der Waals surface area (Å²) in [6.45, 7) is 0. The molecule has 0 bridgehead atoms. The summed E-state index contributed by atoms with van der Waals surface area (Å²) < 4.78 is 0. The van der Waals surface area contributed by atoms with Gasteiger partial charge in [0.25, 0.3) is 0 Å². The lowest BCUT2D eigenvalue weighted by atomic mass is 9.97. The lowest BCUT2D eigenvalue weighted by Crippen LogP contribution is -2.26. The fourth-order valence-electron chi connectivity index (χ4n) is 1.61. The van der Waals surface area contributed by atoms with Crippen LogP contribution >= 0.6 is 0 Å². The van der Waals surface area contributed by atoms with Crippen molar-refractivity contribution in [3.8, 4) is 6.07 Å². The molecule has 1 aromatic rings. The largest absolute Gasteiger partial charge is 0.367 e. The van der Waals surface area contributed by atoms with Crippen molar-refractivity contribution in [3.05, 3.63) is 41.6 Å². The van der Waals surface area contributed by atoms with E-state index in [9.17, 15) is 5.11 Å². The first kappa shape index (κ1) is 9.71. The number of aliphatic hydroxyl groups excluding tert-OH is 1. The first-order chi connectivity index (χ1) is 7.27. The van der Waals surface area contributed by atoms with Gasteiger partial charge in [-0.3, -0.25) is 4.84 Å². The van der Waals surface area contributed by atoms with Gasteiger partial charge in [-0.15, -0.1) is 0 Å². The fourth-order valence-corrected chi connectivity index (χ4v) is 1.61. The van der Waals surface area contributed by atoms with E-state index in [-0.39, 0.29) is 0 Å². The van der Waals surface area contributed by atoms with Gasteiger partial charge in [0.05, 0.1) is 12.7 Å². The predicted molar refractivity (Wildman–Crippen MR) is 53.8 cm³/mol. The van der Waals surface area contributed by atoms with Crippen LogP contribution < -0.4 is 0 Å². The first-order valence-electron chi connectivity index (χ1n) is 4.49. The van der Waals surface area contributed by atoms with Crippen molar-refractivity contribution in [2.45, 2.75) is 6.23 Å². The normalized spacial score (nSPS) is 19.1. The zero-order chi connectivity index (χ0) is 10.8. The molecule has 0 aromatic heterocycles. The van der Waals surface area contributed by atoms with Crippen LogP contribution in [0.25, 0.3) is 5.57 Å². The minimum atomic E-state index is -0.858. The topological polar surface area (TPSA) is 56.5 Å². The molecule has 1 atom stereocenters. The van der Waals surface area contributed by atoms with Crippen molar-refractivity contribution >= 4 is 5.57 Å². The third-order valence-electron chi connectivity index (χ3n) is 2.36. The Kier molecular flexibility index (Phi) is 2.42. The lowest BCUT2D eigenvalue weighted by Gasteiger charge is -2.29. The fraction of sp³-hybridized carbons (Fsp3) is 0.182. The number of fused-ring (bicyclic) bond motifs is 1. The molecule has 1 aliphatic rings. The van der Waals surface area contributed by atoms with Gasteiger partial charge in [-0.2, -0.15) is 5.26 Å². The highest BCUT2D eigenvalue weighted by atomic mass is 16.7. The van der Waals surface area contributed by atoms with E-state index in [1.165, 1.54) is 18.4 Å². The number of hydrogen-bond donors (Lipinski definition) is 1. The minimum absolute atomic E-state index is 0.484. The molecule has 1 N–H and O–H groups in total. The second-order valence-electron chi connectivity index (χ2n) is 3.16. The third-order valence-corrected chi connectivity index (χ3v) is 2.36. The van der Waals surface area contributed by atoms with Crippen LogP contribution in [0.1, 0.15) is 17.4 Å². The van der Waals surface area contributed by atoms with E-state index < -0.39 is 6.23 Å². The van der Waals surface area contributed by atoms with Crippen LogP contribution in [0, 0.1) is 11.3 Å². The number of rotatable bonds is 1. The number of nitrogens with zero attached hydrogens (tertiary/aromatic N) is 2. The van der Waals surface area contributed by atoms with Crippen LogP contribution in [0.3, 0.4) is 0 Å². The summed E-state index contributed by atoms with van der Waals surface area (Å²) in [6.07, 6.45) is 0.635. The minimum Gasteiger partial charge on any atom is -0.367 e. The van der Waals surface area contributed by atoms with Crippen LogP contribution in [0.5, 0.6) is 0 Å². The number of aliphatic hydroxyl groups is 1. The first-order valence-corrected chi connectivity index (χ1v) is 4.49. The van der Waals surface area contributed by atoms with Gasteiger partial charge in [-0.05, 0) is 0 Å². The zero-order valence-electron chi connectivity index (χ0n) is 8.21. The summed E-state index contributed by atoms with van der Waals surface area (Å²) in [7, 11) is 1.45. The van der Waals surface area contributed by atoms with E-state index in [1.54, 1.807) is 12.1 Å². The molecule has 0 saturated heterocycles. The molecule has 15 heavy (non-hydrogen) atoms. The standard InChI is InChI=1S/C11H10N2O2/c1-15-13-7-8(6-12)9-4-2-3-5-10(9)11(13)14/h2-5,7,11,14H,1H3. The molecular weight excluding hydrogens is 192 g/mol. The Morgan fingerprint density at radius 3 is 2.87 bits per heavy atom. The van der Waals surface area contributed by atoms with Crippen LogP contribution in [0.15, 0.2) is 30.5 Å². The number of hydroxylamine groups is 2. The number of hydrogen-bond acceptors (Lipinski definition) is 4. The SMILES string of the molecule is CON1C=C(C#N)c2ccccc2C1O. The van der Waals surface area contributed by atoms with Crippen molar-refractivity contribution in [2.24, 2.45) is 0 Å². The van der Waals surface area contributed by atoms with Crippen molar-refractivity contribution in [1.82, 2.24) is 5.06 Å². The van der Waals surface area contributed by atoms with E-state index in [1.807, 2.05) is 12.1 Å². The molecule has 0 spiro atoms. The smallest absolute Gasteiger partial charge is 0.177 e. The van der Waals surface area contributed by atoms with Gasteiger partial charge in [-0.1, -0.05) is 24.3 Å². The van der Waals surface area contributed by atoms with Gasteiger partial charge in [0.15, 0.2) is 6.23 Å². The van der Waals surface area contributed by atoms with Crippen molar-refractivity contribution in [3.63, 3.8) is 0 Å². The van der Waals surface area contributed by atoms with Gasteiger partial charge in [-0.25, -0.2) is 5.06 Å². The second kappa shape index (κ2) is 3.73. The van der Waals surface area contributed by atoms with Crippen LogP contribution in [-0.4, -0.2) is 17.3 Å². The molecule has 0 aliphatic carbocycles. The molecule has 0 saturated carbocycles. The maximum atomic E-state index is 9.88. The van der Waals surface area contributed by atoms with E-state index in [4.69, 9.17) is 10.1 Å². The molecule has 0 radical (unpaired) electrons. The van der Waals surface area contributed by atoms with Gasteiger partial charge in [0.1, 0.15) is 6.07 Å². The molecule has 76 valence electrons. The van der Waals surface area contributed by atoms with Crippen LogP contribution in [0.2, 0.25) is 0 Å². The molecule has 1 aromatic carbocycles. The predicted octanol–water partition coefficient (Wildman–Crippen LogP) is 1.42. The molecule has 0 fully saturated rings. The van der Waals surface area contributed by atoms with Crippen molar-refractivity contribution in [2.75, 3.05) is 7.11 Å². The average Bonchev–Trinajstić information content (AvgIpc) is 2.30. The summed E-state index contributed by atoms with van der Waals surface area (Å²) >= 11 is 0. The van der Waals surface area contributed by atoms with E-state index in [0.29, 0.717) is 11.1 Å². The Balaban J connectivity index is 2.56. The molecular formula is C11H10N2O2. The van der Waals surface area contributed by atoms with Gasteiger partial charge < -0.3 is 5.11 Å². The van der Waals surface area contributed by atoms with Gasteiger partial charge in [0.2, 0.25) is 0 Å². The average molecular weight is 202 g/mol. The summed E-state index contributed by atoms with van der Waals surface area (Å²) in [5.74, 6) is 0. The van der Waals surface area contributed by atoms with Crippen molar-refractivity contribution in [1.29, 1.82) is 5.26 Å². The summed E-state index contributed by atoms with van der Waals surface area (Å²) in [5.41, 5.74) is 1.91. The summed E-state index contributed by atoms with van der Waals surface area (Å²) in [6, 6.07) is 9.30. The molecule has 4 nitrogen and oxygen atoms in total. The lowest BCUT2D eigenvalue weighted by molar-refractivity contribution is -0.189. The van der Waals surface area contributed by atoms with Crippen LogP contribution in [0.4, 0.5) is 0 Å². The molecule has 4 heteroatoms. The molecule has 0 amide bonds. The highest BCUT2D eigenvalue weighted by Gasteiger charge is 2.25. The van der Waals surface area contributed by atoms with Crippen LogP contribution in [-0.2, 0) is 4.84 Å². The van der Waals surface area contributed by atoms with Gasteiger partial charge in [0, 0.05) is 17.3 Å². The Hall–Kier alpha value is -1.83. The Morgan fingerprint density at radius 2 is 2.20 bits per heavy atom. The quantitative estimate of drug-likeness (QED) is 0.748.